The standard InChI is InChI=1S/C13H17ClN4O2S/c1-17(3-4-20-2)11-5-13(19)18(15-7-11)8-12-16-10(6-14)9-21-12/h5,7,9H,3-4,6,8H2,1-2H3. The normalized spacial score (nSPS) is 10.8. The predicted octanol–water partition coefficient (Wildman–Crippen LogP) is 1.57. The third-order valence-electron chi connectivity index (χ3n) is 2.95. The molecule has 0 radical (unpaired) electrons. The van der Waals surface area contributed by atoms with E-state index < -0.39 is 0 Å². The van der Waals surface area contributed by atoms with Gasteiger partial charge in [0.1, 0.15) is 5.01 Å². The monoisotopic (exact) mass is 328 g/mol. The molecule has 8 heteroatoms. The topological polar surface area (TPSA) is 60.2 Å². The summed E-state index contributed by atoms with van der Waals surface area (Å²) in [7, 11) is 3.54. The van der Waals surface area contributed by atoms with Gasteiger partial charge in [0.25, 0.3) is 5.56 Å². The van der Waals surface area contributed by atoms with Crippen molar-refractivity contribution in [3.63, 3.8) is 0 Å². The number of halogens is 1. The van der Waals surface area contributed by atoms with Crippen LogP contribution < -0.4 is 10.5 Å². The van der Waals surface area contributed by atoms with Crippen molar-refractivity contribution in [2.45, 2.75) is 12.4 Å². The maximum Gasteiger partial charge on any atom is 0.269 e. The number of anilines is 1. The van der Waals surface area contributed by atoms with Crippen molar-refractivity contribution in [3.8, 4) is 0 Å². The van der Waals surface area contributed by atoms with Crippen molar-refractivity contribution in [1.82, 2.24) is 14.8 Å². The minimum absolute atomic E-state index is 0.153. The molecule has 2 heterocycles. The van der Waals surface area contributed by atoms with E-state index in [1.165, 1.54) is 16.0 Å². The summed E-state index contributed by atoms with van der Waals surface area (Å²) in [6.07, 6.45) is 1.67. The van der Waals surface area contributed by atoms with Gasteiger partial charge in [-0.25, -0.2) is 9.67 Å². The van der Waals surface area contributed by atoms with E-state index in [-0.39, 0.29) is 5.56 Å². The molecule has 0 bridgehead atoms. The summed E-state index contributed by atoms with van der Waals surface area (Å²) in [5.74, 6) is 0.377. The molecule has 2 rings (SSSR count). The van der Waals surface area contributed by atoms with Gasteiger partial charge in [-0.15, -0.1) is 22.9 Å². The summed E-state index contributed by atoms with van der Waals surface area (Å²) in [5, 5.41) is 6.90. The Hall–Kier alpha value is -1.44. The highest BCUT2D eigenvalue weighted by Gasteiger charge is 2.07. The predicted molar refractivity (Wildman–Crippen MR) is 84.4 cm³/mol. The third-order valence-corrected chi connectivity index (χ3v) is 4.10. The second-order valence-corrected chi connectivity index (χ2v) is 5.70. The van der Waals surface area contributed by atoms with Crippen molar-refractivity contribution in [1.29, 1.82) is 0 Å². The Morgan fingerprint density at radius 3 is 2.95 bits per heavy atom. The molecule has 0 spiro atoms. The largest absolute Gasteiger partial charge is 0.383 e. The van der Waals surface area contributed by atoms with Gasteiger partial charge in [0.05, 0.1) is 36.6 Å². The van der Waals surface area contributed by atoms with Crippen molar-refractivity contribution in [2.24, 2.45) is 0 Å². The van der Waals surface area contributed by atoms with Gasteiger partial charge in [-0.05, 0) is 0 Å². The highest BCUT2D eigenvalue weighted by molar-refractivity contribution is 7.09. The molecule has 0 fully saturated rings. The summed E-state index contributed by atoms with van der Waals surface area (Å²) in [6, 6.07) is 1.57. The van der Waals surface area contributed by atoms with E-state index >= 15 is 0 Å². The number of nitrogens with zero attached hydrogens (tertiary/aromatic N) is 4. The number of thiazole rings is 1. The summed E-state index contributed by atoms with van der Waals surface area (Å²) in [5.41, 5.74) is 1.44. The molecule has 0 saturated carbocycles. The lowest BCUT2D eigenvalue weighted by molar-refractivity contribution is 0.206. The minimum Gasteiger partial charge on any atom is -0.383 e. The molecule has 0 aliphatic rings. The first kappa shape index (κ1) is 15.9. The number of rotatable bonds is 7. The molecule has 114 valence electrons. The molecule has 0 aliphatic carbocycles. The Labute approximate surface area is 131 Å². The van der Waals surface area contributed by atoms with Crippen LogP contribution in [0.1, 0.15) is 10.7 Å². The fourth-order valence-electron chi connectivity index (χ4n) is 1.72. The van der Waals surface area contributed by atoms with Crippen molar-refractivity contribution in [3.05, 3.63) is 38.7 Å². The third kappa shape index (κ3) is 4.26. The van der Waals surface area contributed by atoms with Crippen LogP contribution in [-0.4, -0.2) is 42.1 Å². The Morgan fingerprint density at radius 2 is 2.33 bits per heavy atom. The molecular weight excluding hydrogens is 312 g/mol. The summed E-state index contributed by atoms with van der Waals surface area (Å²) in [4.78, 5) is 18.3. The molecule has 0 amide bonds. The molecule has 0 aromatic carbocycles. The maximum absolute atomic E-state index is 12.1. The van der Waals surface area contributed by atoms with Gasteiger partial charge in [-0.3, -0.25) is 4.79 Å². The first-order valence-electron chi connectivity index (χ1n) is 6.40. The zero-order valence-corrected chi connectivity index (χ0v) is 13.5. The molecule has 0 atom stereocenters. The lowest BCUT2D eigenvalue weighted by Gasteiger charge is -2.18. The van der Waals surface area contributed by atoms with Gasteiger partial charge in [0.2, 0.25) is 0 Å². The average Bonchev–Trinajstić information content (AvgIpc) is 2.94. The number of hydrogen-bond donors (Lipinski definition) is 0. The molecule has 0 aliphatic heterocycles. The van der Waals surface area contributed by atoms with Gasteiger partial charge in [0, 0.05) is 32.1 Å². The van der Waals surface area contributed by atoms with E-state index in [1.54, 1.807) is 19.4 Å². The molecule has 0 saturated heterocycles. The molecule has 0 N–H and O–H groups in total. The summed E-state index contributed by atoms with van der Waals surface area (Å²) in [6.45, 7) is 1.66. The Morgan fingerprint density at radius 1 is 1.52 bits per heavy atom. The number of ether oxygens (including phenoxy) is 1. The fraction of sp³-hybridized carbons (Fsp3) is 0.462. The van der Waals surface area contributed by atoms with Gasteiger partial charge in [-0.2, -0.15) is 5.10 Å². The zero-order chi connectivity index (χ0) is 15.2. The van der Waals surface area contributed by atoms with Crippen LogP contribution in [-0.2, 0) is 17.2 Å². The molecule has 6 nitrogen and oxygen atoms in total. The Balaban J connectivity index is 2.10. The number of methoxy groups -OCH3 is 1. The number of likely N-dealkylation sites (N-methyl/N-ethyl adjacent to an activating group) is 1. The van der Waals surface area contributed by atoms with Crippen LogP contribution in [0.2, 0.25) is 0 Å². The van der Waals surface area contributed by atoms with Crippen molar-refractivity contribution in [2.75, 3.05) is 32.2 Å². The van der Waals surface area contributed by atoms with E-state index in [0.717, 1.165) is 16.4 Å². The van der Waals surface area contributed by atoms with Gasteiger partial charge in [-0.1, -0.05) is 0 Å². The van der Waals surface area contributed by atoms with E-state index in [2.05, 4.69) is 10.1 Å². The second kappa shape index (κ2) is 7.53. The van der Waals surface area contributed by atoms with Crippen LogP contribution >= 0.6 is 22.9 Å². The molecule has 2 aromatic rings. The first-order chi connectivity index (χ1) is 10.1. The average molecular weight is 329 g/mol. The number of aromatic nitrogens is 3. The zero-order valence-electron chi connectivity index (χ0n) is 12.0. The van der Waals surface area contributed by atoms with E-state index in [1.807, 2.05) is 17.3 Å². The smallest absolute Gasteiger partial charge is 0.269 e. The highest BCUT2D eigenvalue weighted by atomic mass is 35.5. The van der Waals surface area contributed by atoms with Crippen LogP contribution in [0.15, 0.2) is 22.4 Å². The molecule has 2 aromatic heterocycles. The van der Waals surface area contributed by atoms with Crippen LogP contribution in [0.3, 0.4) is 0 Å². The van der Waals surface area contributed by atoms with Crippen LogP contribution in [0.4, 0.5) is 5.69 Å². The van der Waals surface area contributed by atoms with E-state index in [0.29, 0.717) is 25.6 Å². The molecular formula is C13H17ClN4O2S. The van der Waals surface area contributed by atoms with Gasteiger partial charge >= 0.3 is 0 Å². The van der Waals surface area contributed by atoms with Gasteiger partial charge < -0.3 is 9.64 Å². The van der Waals surface area contributed by atoms with E-state index in [9.17, 15) is 4.79 Å². The lowest BCUT2D eigenvalue weighted by Crippen LogP contribution is -2.27. The molecule has 0 unspecified atom stereocenters. The lowest BCUT2D eigenvalue weighted by atomic mass is 10.4. The fourth-order valence-corrected chi connectivity index (χ4v) is 2.72. The summed E-state index contributed by atoms with van der Waals surface area (Å²) < 4.78 is 6.41. The van der Waals surface area contributed by atoms with Crippen LogP contribution in [0, 0.1) is 0 Å². The quantitative estimate of drug-likeness (QED) is 0.722. The SMILES string of the molecule is COCCN(C)c1cnn(Cc2nc(CCl)cs2)c(=O)c1. The van der Waals surface area contributed by atoms with Gasteiger partial charge in [0.15, 0.2) is 0 Å². The van der Waals surface area contributed by atoms with Crippen molar-refractivity contribution < 1.29 is 4.74 Å². The second-order valence-electron chi connectivity index (χ2n) is 4.49. The first-order valence-corrected chi connectivity index (χ1v) is 7.82. The summed E-state index contributed by atoms with van der Waals surface area (Å²) >= 11 is 7.19. The minimum atomic E-state index is -0.153. The number of alkyl halides is 1. The Bertz CT molecular complexity index is 643. The van der Waals surface area contributed by atoms with Crippen LogP contribution in [0.25, 0.3) is 0 Å². The highest BCUT2D eigenvalue weighted by Crippen LogP contribution is 2.12. The van der Waals surface area contributed by atoms with E-state index in [4.69, 9.17) is 16.3 Å². The Kier molecular flexibility index (Phi) is 5.72. The number of hydrogen-bond acceptors (Lipinski definition) is 6. The van der Waals surface area contributed by atoms with Crippen LogP contribution in [0.5, 0.6) is 0 Å². The molecule has 21 heavy (non-hydrogen) atoms. The van der Waals surface area contributed by atoms with Crippen molar-refractivity contribution >= 4 is 28.6 Å². The maximum atomic E-state index is 12.1.